The van der Waals surface area contributed by atoms with Crippen LogP contribution in [0.3, 0.4) is 0 Å². The van der Waals surface area contributed by atoms with Crippen LogP contribution in [0.5, 0.6) is 0 Å². The van der Waals surface area contributed by atoms with Gasteiger partial charge in [0.2, 0.25) is 0 Å². The molecule has 0 amide bonds. The molecule has 0 unspecified atom stereocenters. The Kier molecular flexibility index (Phi) is 5.04. The molecule has 1 N–H and O–H groups in total. The van der Waals surface area contributed by atoms with Gasteiger partial charge in [0.15, 0.2) is 0 Å². The van der Waals surface area contributed by atoms with Crippen molar-refractivity contribution < 1.29 is 0 Å². The third-order valence-corrected chi connectivity index (χ3v) is 4.65. The van der Waals surface area contributed by atoms with Gasteiger partial charge in [0.05, 0.1) is 0 Å². The number of aryl methyl sites for hydroxylation is 3. The first-order valence-corrected chi connectivity index (χ1v) is 8.70. The molecule has 3 rings (SSSR count). The standard InChI is InChI=1S/C24H25N/c1-17-9-12-21(13-10-17)16-25-20(4)22-14-11-19(3)24(15-22)23-8-6-5-7-18(23)2/h5-15,25H,4,16H2,1-3H3. The first-order chi connectivity index (χ1) is 12.0. The number of hydrogen-bond acceptors (Lipinski definition) is 1. The minimum atomic E-state index is 0.784. The highest BCUT2D eigenvalue weighted by atomic mass is 14.9. The molecule has 1 heteroatoms. The van der Waals surface area contributed by atoms with Gasteiger partial charge in [-0.25, -0.2) is 0 Å². The van der Waals surface area contributed by atoms with Crippen LogP contribution >= 0.6 is 0 Å². The number of benzene rings is 3. The normalized spacial score (nSPS) is 10.5. The maximum absolute atomic E-state index is 4.23. The highest BCUT2D eigenvalue weighted by molar-refractivity contribution is 5.75. The van der Waals surface area contributed by atoms with Crippen LogP contribution in [0.1, 0.15) is 27.8 Å². The quantitative estimate of drug-likeness (QED) is 0.602. The van der Waals surface area contributed by atoms with E-state index in [1.807, 2.05) is 0 Å². The van der Waals surface area contributed by atoms with E-state index in [1.165, 1.54) is 33.4 Å². The van der Waals surface area contributed by atoms with Crippen LogP contribution in [0.2, 0.25) is 0 Å². The molecule has 3 aromatic carbocycles. The van der Waals surface area contributed by atoms with E-state index in [0.29, 0.717) is 0 Å². The summed E-state index contributed by atoms with van der Waals surface area (Å²) in [5.41, 5.74) is 9.76. The van der Waals surface area contributed by atoms with Crippen LogP contribution < -0.4 is 5.32 Å². The van der Waals surface area contributed by atoms with Gasteiger partial charge in [-0.3, -0.25) is 0 Å². The van der Waals surface area contributed by atoms with Crippen LogP contribution in [-0.2, 0) is 6.54 Å². The minimum Gasteiger partial charge on any atom is -0.381 e. The Balaban J connectivity index is 1.80. The van der Waals surface area contributed by atoms with Crippen molar-refractivity contribution in [3.63, 3.8) is 0 Å². The highest BCUT2D eigenvalue weighted by Crippen LogP contribution is 2.28. The zero-order chi connectivity index (χ0) is 17.8. The Morgan fingerprint density at radius 3 is 2.20 bits per heavy atom. The third-order valence-electron chi connectivity index (χ3n) is 4.65. The van der Waals surface area contributed by atoms with Gasteiger partial charge in [-0.1, -0.05) is 72.8 Å². The van der Waals surface area contributed by atoms with Crippen LogP contribution in [0.15, 0.2) is 73.3 Å². The van der Waals surface area contributed by atoms with E-state index in [4.69, 9.17) is 0 Å². The van der Waals surface area contributed by atoms with Gasteiger partial charge >= 0.3 is 0 Å². The fourth-order valence-electron chi connectivity index (χ4n) is 2.99. The molecule has 0 saturated carbocycles. The Morgan fingerprint density at radius 2 is 1.48 bits per heavy atom. The van der Waals surface area contributed by atoms with Crippen molar-refractivity contribution in [2.75, 3.05) is 0 Å². The molecule has 1 nitrogen and oxygen atoms in total. The molecule has 0 aliphatic heterocycles. The Bertz CT molecular complexity index is 888. The second-order valence-corrected chi connectivity index (χ2v) is 6.66. The highest BCUT2D eigenvalue weighted by Gasteiger charge is 2.07. The summed E-state index contributed by atoms with van der Waals surface area (Å²) >= 11 is 0. The predicted octanol–water partition coefficient (Wildman–Crippen LogP) is 6.04. The van der Waals surface area contributed by atoms with Crippen LogP contribution in [0.4, 0.5) is 0 Å². The second kappa shape index (κ2) is 7.40. The minimum absolute atomic E-state index is 0.784. The summed E-state index contributed by atoms with van der Waals surface area (Å²) in [6.07, 6.45) is 0. The van der Waals surface area contributed by atoms with Crippen molar-refractivity contribution in [3.05, 3.63) is 101 Å². The molecule has 3 aromatic rings. The second-order valence-electron chi connectivity index (χ2n) is 6.66. The molecule has 0 radical (unpaired) electrons. The predicted molar refractivity (Wildman–Crippen MR) is 108 cm³/mol. The van der Waals surface area contributed by atoms with Gasteiger partial charge < -0.3 is 5.32 Å². The molecule has 0 saturated heterocycles. The molecule has 0 aromatic heterocycles. The maximum atomic E-state index is 4.23. The number of nitrogens with one attached hydrogen (secondary N) is 1. The van der Waals surface area contributed by atoms with Gasteiger partial charge in [-0.2, -0.15) is 0 Å². The zero-order valence-corrected chi connectivity index (χ0v) is 15.3. The average molecular weight is 327 g/mol. The summed E-state index contributed by atoms with van der Waals surface area (Å²) in [5, 5.41) is 3.45. The van der Waals surface area contributed by atoms with E-state index in [-0.39, 0.29) is 0 Å². The van der Waals surface area contributed by atoms with Crippen molar-refractivity contribution in [1.29, 1.82) is 0 Å². The zero-order valence-electron chi connectivity index (χ0n) is 15.3. The molecule has 0 aliphatic carbocycles. The summed E-state index contributed by atoms with van der Waals surface area (Å²) in [6.45, 7) is 11.4. The van der Waals surface area contributed by atoms with Crippen molar-refractivity contribution in [2.45, 2.75) is 27.3 Å². The fraction of sp³-hybridized carbons (Fsp3) is 0.167. The van der Waals surface area contributed by atoms with Crippen molar-refractivity contribution >= 4 is 5.70 Å². The Hall–Kier alpha value is -2.80. The first kappa shape index (κ1) is 17.0. The van der Waals surface area contributed by atoms with Gasteiger partial charge in [0, 0.05) is 12.2 Å². The topological polar surface area (TPSA) is 12.0 Å². The lowest BCUT2D eigenvalue weighted by Gasteiger charge is -2.14. The lowest BCUT2D eigenvalue weighted by atomic mass is 9.94. The van der Waals surface area contributed by atoms with Crippen molar-refractivity contribution in [1.82, 2.24) is 5.32 Å². The summed E-state index contributed by atoms with van der Waals surface area (Å²) in [7, 11) is 0. The van der Waals surface area contributed by atoms with Crippen LogP contribution in [0.25, 0.3) is 16.8 Å². The summed E-state index contributed by atoms with van der Waals surface area (Å²) in [4.78, 5) is 0. The molecular weight excluding hydrogens is 302 g/mol. The monoisotopic (exact) mass is 327 g/mol. The van der Waals surface area contributed by atoms with Gasteiger partial charge in [0.1, 0.15) is 0 Å². The molecule has 0 fully saturated rings. The van der Waals surface area contributed by atoms with Crippen molar-refractivity contribution in [3.8, 4) is 11.1 Å². The summed E-state index contributed by atoms with van der Waals surface area (Å²) in [5.74, 6) is 0. The maximum Gasteiger partial charge on any atom is 0.0400 e. The summed E-state index contributed by atoms with van der Waals surface area (Å²) in [6, 6.07) is 23.7. The largest absolute Gasteiger partial charge is 0.381 e. The first-order valence-electron chi connectivity index (χ1n) is 8.70. The molecule has 0 aliphatic rings. The van der Waals surface area contributed by atoms with E-state index in [9.17, 15) is 0 Å². The van der Waals surface area contributed by atoms with Crippen LogP contribution in [0, 0.1) is 20.8 Å². The molecule has 25 heavy (non-hydrogen) atoms. The molecule has 0 heterocycles. The van der Waals surface area contributed by atoms with Crippen LogP contribution in [-0.4, -0.2) is 0 Å². The van der Waals surface area contributed by atoms with E-state index in [1.54, 1.807) is 0 Å². The van der Waals surface area contributed by atoms with Gasteiger partial charge in [-0.05, 0) is 60.2 Å². The molecule has 0 bridgehead atoms. The van der Waals surface area contributed by atoms with Gasteiger partial charge in [-0.15, -0.1) is 0 Å². The fourth-order valence-corrected chi connectivity index (χ4v) is 2.99. The summed E-state index contributed by atoms with van der Waals surface area (Å²) < 4.78 is 0. The molecule has 126 valence electrons. The van der Waals surface area contributed by atoms with E-state index in [2.05, 4.69) is 99.4 Å². The van der Waals surface area contributed by atoms with E-state index in [0.717, 1.165) is 17.8 Å². The average Bonchev–Trinajstić information content (AvgIpc) is 2.62. The lowest BCUT2D eigenvalue weighted by Crippen LogP contribution is -2.11. The smallest absolute Gasteiger partial charge is 0.0400 e. The number of hydrogen-bond donors (Lipinski definition) is 1. The van der Waals surface area contributed by atoms with E-state index < -0.39 is 0 Å². The Labute approximate surface area is 151 Å². The van der Waals surface area contributed by atoms with Gasteiger partial charge in [0.25, 0.3) is 0 Å². The number of rotatable bonds is 5. The van der Waals surface area contributed by atoms with Crippen molar-refractivity contribution in [2.24, 2.45) is 0 Å². The Morgan fingerprint density at radius 1 is 0.800 bits per heavy atom. The SMILES string of the molecule is C=C(NCc1ccc(C)cc1)c1ccc(C)c(-c2ccccc2C)c1. The lowest BCUT2D eigenvalue weighted by molar-refractivity contribution is 0.891. The molecule has 0 spiro atoms. The third kappa shape index (κ3) is 4.00. The molecular formula is C24H25N. The van der Waals surface area contributed by atoms with E-state index >= 15 is 0 Å². The molecule has 0 atom stereocenters.